The Morgan fingerprint density at radius 2 is 2.05 bits per heavy atom. The van der Waals surface area contributed by atoms with E-state index in [2.05, 4.69) is 19.2 Å². The van der Waals surface area contributed by atoms with Crippen molar-refractivity contribution in [2.75, 3.05) is 7.11 Å². The van der Waals surface area contributed by atoms with Crippen LogP contribution in [0.25, 0.3) is 0 Å². The third kappa shape index (κ3) is 3.12. The number of benzene rings is 1. The van der Waals surface area contributed by atoms with Crippen molar-refractivity contribution in [3.63, 3.8) is 0 Å². The molecule has 0 radical (unpaired) electrons. The van der Waals surface area contributed by atoms with Gasteiger partial charge in [0.05, 0.1) is 18.7 Å². The van der Waals surface area contributed by atoms with E-state index >= 15 is 0 Å². The Kier molecular flexibility index (Phi) is 4.33. The normalized spacial score (nSPS) is 17.6. The molecule has 4 heteroatoms. The molecular weight excluding hydrogens is 252 g/mol. The fraction of sp³-hybridized carbons (Fsp3) is 0.562. The Balaban J connectivity index is 2.10. The highest BCUT2D eigenvalue weighted by Crippen LogP contribution is 2.48. The Bertz CT molecular complexity index is 481. The van der Waals surface area contributed by atoms with E-state index in [9.17, 15) is 4.79 Å². The van der Waals surface area contributed by atoms with Gasteiger partial charge in [-0.1, -0.05) is 32.0 Å². The SMILES string of the molecule is COc1ccccc1C1(NC(=O)[C@@H](N)CC(C)C)CC1. The van der Waals surface area contributed by atoms with E-state index in [0.717, 1.165) is 24.2 Å². The topological polar surface area (TPSA) is 64.3 Å². The van der Waals surface area contributed by atoms with Gasteiger partial charge in [-0.05, 0) is 31.2 Å². The van der Waals surface area contributed by atoms with E-state index in [0.29, 0.717) is 12.3 Å². The summed E-state index contributed by atoms with van der Waals surface area (Å²) in [6.45, 7) is 4.14. The molecule has 3 N–H and O–H groups in total. The molecule has 4 nitrogen and oxygen atoms in total. The van der Waals surface area contributed by atoms with Crippen LogP contribution < -0.4 is 15.8 Å². The van der Waals surface area contributed by atoms with Crippen LogP contribution in [0.4, 0.5) is 0 Å². The zero-order valence-corrected chi connectivity index (χ0v) is 12.5. The standard InChI is InChI=1S/C16H24N2O2/c1-11(2)10-13(17)15(19)18-16(8-9-16)12-6-4-5-7-14(12)20-3/h4-7,11,13H,8-10,17H2,1-3H3,(H,18,19)/t13-/m0/s1. The number of nitrogens with one attached hydrogen (secondary N) is 1. The Morgan fingerprint density at radius 3 is 2.60 bits per heavy atom. The van der Waals surface area contributed by atoms with Gasteiger partial charge in [-0.3, -0.25) is 4.79 Å². The molecule has 1 aliphatic rings. The molecule has 1 amide bonds. The first-order valence-electron chi connectivity index (χ1n) is 7.19. The van der Waals surface area contributed by atoms with Gasteiger partial charge in [0, 0.05) is 5.56 Å². The van der Waals surface area contributed by atoms with Gasteiger partial charge < -0.3 is 15.8 Å². The van der Waals surface area contributed by atoms with Crippen molar-refractivity contribution in [3.05, 3.63) is 29.8 Å². The van der Waals surface area contributed by atoms with E-state index in [1.165, 1.54) is 0 Å². The number of para-hydroxylation sites is 1. The van der Waals surface area contributed by atoms with Crippen LogP contribution in [-0.4, -0.2) is 19.1 Å². The molecule has 0 aliphatic heterocycles. The summed E-state index contributed by atoms with van der Waals surface area (Å²) >= 11 is 0. The van der Waals surface area contributed by atoms with Gasteiger partial charge in [0.15, 0.2) is 0 Å². The molecule has 2 rings (SSSR count). The summed E-state index contributed by atoms with van der Waals surface area (Å²) in [6, 6.07) is 7.40. The van der Waals surface area contributed by atoms with E-state index in [-0.39, 0.29) is 11.4 Å². The zero-order chi connectivity index (χ0) is 14.8. The van der Waals surface area contributed by atoms with Crippen LogP contribution in [0.5, 0.6) is 5.75 Å². The highest BCUT2D eigenvalue weighted by atomic mass is 16.5. The van der Waals surface area contributed by atoms with Crippen LogP contribution in [0.15, 0.2) is 24.3 Å². The summed E-state index contributed by atoms with van der Waals surface area (Å²) in [5.41, 5.74) is 6.73. The molecule has 20 heavy (non-hydrogen) atoms. The van der Waals surface area contributed by atoms with Gasteiger partial charge in [-0.15, -0.1) is 0 Å². The summed E-state index contributed by atoms with van der Waals surface area (Å²) < 4.78 is 5.40. The Hall–Kier alpha value is -1.55. The quantitative estimate of drug-likeness (QED) is 0.837. The summed E-state index contributed by atoms with van der Waals surface area (Å²) in [5.74, 6) is 1.17. The maximum absolute atomic E-state index is 12.2. The molecule has 1 aromatic carbocycles. The molecule has 110 valence electrons. The molecule has 0 heterocycles. The highest BCUT2D eigenvalue weighted by molar-refractivity contribution is 5.83. The lowest BCUT2D eigenvalue weighted by atomic mass is 10.0. The molecule has 0 saturated heterocycles. The number of hydrogen-bond donors (Lipinski definition) is 2. The molecule has 1 saturated carbocycles. The van der Waals surface area contributed by atoms with Crippen molar-refractivity contribution in [2.24, 2.45) is 11.7 Å². The minimum Gasteiger partial charge on any atom is -0.496 e. The maximum Gasteiger partial charge on any atom is 0.237 e. The first-order chi connectivity index (χ1) is 9.48. The van der Waals surface area contributed by atoms with Gasteiger partial charge in [-0.2, -0.15) is 0 Å². The minimum absolute atomic E-state index is 0.0675. The second-order valence-corrected chi connectivity index (χ2v) is 6.01. The van der Waals surface area contributed by atoms with E-state index in [1.807, 2.05) is 24.3 Å². The molecule has 0 spiro atoms. The molecule has 0 bridgehead atoms. The molecule has 1 aromatic rings. The first-order valence-corrected chi connectivity index (χ1v) is 7.19. The molecular formula is C16H24N2O2. The predicted molar refractivity (Wildman–Crippen MR) is 79.5 cm³/mol. The van der Waals surface area contributed by atoms with Crippen LogP contribution >= 0.6 is 0 Å². The lowest BCUT2D eigenvalue weighted by molar-refractivity contribution is -0.123. The van der Waals surface area contributed by atoms with Crippen molar-refractivity contribution in [3.8, 4) is 5.75 Å². The summed E-state index contributed by atoms with van der Waals surface area (Å²) in [5, 5.41) is 3.12. The number of ether oxygens (including phenoxy) is 1. The molecule has 0 unspecified atom stereocenters. The van der Waals surface area contributed by atoms with Crippen molar-refractivity contribution >= 4 is 5.91 Å². The number of carbonyl (C=O) groups is 1. The number of nitrogens with two attached hydrogens (primary N) is 1. The van der Waals surface area contributed by atoms with Crippen molar-refractivity contribution in [2.45, 2.75) is 44.7 Å². The average molecular weight is 276 g/mol. The summed E-state index contributed by atoms with van der Waals surface area (Å²) in [6.07, 6.45) is 2.58. The number of methoxy groups -OCH3 is 1. The van der Waals surface area contributed by atoms with Crippen molar-refractivity contribution < 1.29 is 9.53 Å². The second-order valence-electron chi connectivity index (χ2n) is 6.01. The van der Waals surface area contributed by atoms with Crippen LogP contribution in [0.1, 0.15) is 38.7 Å². The van der Waals surface area contributed by atoms with E-state index in [1.54, 1.807) is 7.11 Å². The number of amides is 1. The van der Waals surface area contributed by atoms with Gasteiger partial charge >= 0.3 is 0 Å². The van der Waals surface area contributed by atoms with Crippen LogP contribution in [0.3, 0.4) is 0 Å². The lowest BCUT2D eigenvalue weighted by Gasteiger charge is -2.23. The minimum atomic E-state index is -0.442. The Morgan fingerprint density at radius 1 is 1.40 bits per heavy atom. The monoisotopic (exact) mass is 276 g/mol. The first kappa shape index (κ1) is 14.9. The largest absolute Gasteiger partial charge is 0.496 e. The third-order valence-electron chi connectivity index (χ3n) is 3.80. The number of carbonyl (C=O) groups excluding carboxylic acids is 1. The second kappa shape index (κ2) is 5.83. The van der Waals surface area contributed by atoms with Crippen LogP contribution in [-0.2, 0) is 10.3 Å². The Labute approximate surface area is 120 Å². The smallest absolute Gasteiger partial charge is 0.237 e. The van der Waals surface area contributed by atoms with Gasteiger partial charge in [0.2, 0.25) is 5.91 Å². The molecule has 1 fully saturated rings. The fourth-order valence-electron chi connectivity index (χ4n) is 2.57. The van der Waals surface area contributed by atoms with Gasteiger partial charge in [0.25, 0.3) is 0 Å². The van der Waals surface area contributed by atoms with Crippen molar-refractivity contribution in [1.29, 1.82) is 0 Å². The van der Waals surface area contributed by atoms with Gasteiger partial charge in [0.1, 0.15) is 5.75 Å². The predicted octanol–water partition coefficient (Wildman–Crippen LogP) is 2.17. The molecule has 0 aromatic heterocycles. The van der Waals surface area contributed by atoms with E-state index in [4.69, 9.17) is 10.5 Å². The zero-order valence-electron chi connectivity index (χ0n) is 12.5. The highest BCUT2D eigenvalue weighted by Gasteiger charge is 2.47. The summed E-state index contributed by atoms with van der Waals surface area (Å²) in [7, 11) is 1.65. The number of rotatable bonds is 6. The van der Waals surface area contributed by atoms with Gasteiger partial charge in [-0.25, -0.2) is 0 Å². The number of hydrogen-bond acceptors (Lipinski definition) is 3. The van der Waals surface area contributed by atoms with Crippen LogP contribution in [0.2, 0.25) is 0 Å². The van der Waals surface area contributed by atoms with Crippen molar-refractivity contribution in [1.82, 2.24) is 5.32 Å². The lowest BCUT2D eigenvalue weighted by Crippen LogP contribution is -2.46. The molecule has 1 aliphatic carbocycles. The average Bonchev–Trinajstić information content (AvgIpc) is 3.18. The third-order valence-corrected chi connectivity index (χ3v) is 3.80. The molecule has 1 atom stereocenters. The fourth-order valence-corrected chi connectivity index (χ4v) is 2.57. The maximum atomic E-state index is 12.2. The summed E-state index contributed by atoms with van der Waals surface area (Å²) in [4.78, 5) is 12.2. The van der Waals surface area contributed by atoms with Crippen LogP contribution in [0, 0.1) is 5.92 Å². The van der Waals surface area contributed by atoms with E-state index < -0.39 is 6.04 Å².